The Bertz CT molecular complexity index is 693. The Labute approximate surface area is 153 Å². The fourth-order valence-corrected chi connectivity index (χ4v) is 2.88. The molecule has 2 rings (SSSR count). The van der Waals surface area contributed by atoms with Crippen molar-refractivity contribution in [1.82, 2.24) is 0 Å². The average Bonchev–Trinajstić information content (AvgIpc) is 2.54. The van der Waals surface area contributed by atoms with Gasteiger partial charge in [-0.25, -0.2) is 0 Å². The van der Waals surface area contributed by atoms with Gasteiger partial charge >= 0.3 is 0 Å². The van der Waals surface area contributed by atoms with E-state index in [1.54, 1.807) is 0 Å². The van der Waals surface area contributed by atoms with Gasteiger partial charge in [-0.1, -0.05) is 21.9 Å². The maximum absolute atomic E-state index is 5.67. The van der Waals surface area contributed by atoms with E-state index in [2.05, 4.69) is 43.1 Å². The molecule has 0 unspecified atom stereocenters. The maximum Gasteiger partial charge on any atom is 0.176 e. The van der Waals surface area contributed by atoms with Crippen molar-refractivity contribution in [3.8, 4) is 23.8 Å². The van der Waals surface area contributed by atoms with Crippen molar-refractivity contribution in [1.29, 1.82) is 0 Å². The molecule has 0 heterocycles. The second kappa shape index (κ2) is 8.85. The minimum atomic E-state index is 0.204. The largest absolute Gasteiger partial charge is 0.490 e. The van der Waals surface area contributed by atoms with E-state index in [1.807, 2.05) is 43.3 Å². The topological polar surface area (TPSA) is 30.5 Å². The minimum Gasteiger partial charge on any atom is -0.490 e. The quantitative estimate of drug-likeness (QED) is 0.600. The van der Waals surface area contributed by atoms with E-state index in [0.29, 0.717) is 24.7 Å². The molecule has 1 N–H and O–H groups in total. The van der Waals surface area contributed by atoms with Gasteiger partial charge in [0.15, 0.2) is 11.5 Å². The van der Waals surface area contributed by atoms with Gasteiger partial charge in [-0.3, -0.25) is 0 Å². The summed E-state index contributed by atoms with van der Waals surface area (Å²) >= 11 is 6.95. The second-order valence-electron chi connectivity index (χ2n) is 4.69. The number of nitrogens with one attached hydrogen (secondary N) is 1. The van der Waals surface area contributed by atoms with Crippen LogP contribution in [-0.2, 0) is 6.54 Å². The van der Waals surface area contributed by atoms with Gasteiger partial charge in [-0.05, 0) is 64.8 Å². The van der Waals surface area contributed by atoms with Crippen LogP contribution in [0, 0.1) is 12.3 Å². The van der Waals surface area contributed by atoms with Crippen LogP contribution < -0.4 is 14.8 Å². The summed E-state index contributed by atoms with van der Waals surface area (Å²) in [6.45, 7) is 3.37. The molecule has 2 aromatic rings. The standard InChI is InChI=1S/C18H17Br2NO2/c1-3-9-23-18-16(20)10-13(11-17(18)22-4-2)12-21-15-7-5-14(19)6-8-15/h1,5-8,10-11,21H,4,9,12H2,2H3. The summed E-state index contributed by atoms with van der Waals surface area (Å²) in [6, 6.07) is 12.0. The number of anilines is 1. The fourth-order valence-electron chi connectivity index (χ4n) is 2.01. The second-order valence-corrected chi connectivity index (χ2v) is 6.46. The minimum absolute atomic E-state index is 0.204. The van der Waals surface area contributed by atoms with E-state index in [0.717, 1.165) is 20.2 Å². The molecule has 5 heteroatoms. The molecule has 0 aromatic heterocycles. The first kappa shape index (κ1) is 17.7. The van der Waals surface area contributed by atoms with Crippen LogP contribution in [0.15, 0.2) is 45.3 Å². The zero-order valence-corrected chi connectivity index (χ0v) is 15.9. The van der Waals surface area contributed by atoms with Crippen molar-refractivity contribution in [2.24, 2.45) is 0 Å². The van der Waals surface area contributed by atoms with Crippen LogP contribution in [0.2, 0.25) is 0 Å². The van der Waals surface area contributed by atoms with Crippen molar-refractivity contribution in [3.63, 3.8) is 0 Å². The van der Waals surface area contributed by atoms with Gasteiger partial charge in [0.05, 0.1) is 11.1 Å². The number of hydrogen-bond donors (Lipinski definition) is 1. The highest BCUT2D eigenvalue weighted by atomic mass is 79.9. The predicted molar refractivity (Wildman–Crippen MR) is 101 cm³/mol. The number of hydrogen-bond acceptors (Lipinski definition) is 3. The molecule has 0 radical (unpaired) electrons. The third kappa shape index (κ3) is 5.19. The molecule has 2 aromatic carbocycles. The maximum atomic E-state index is 5.67. The highest BCUT2D eigenvalue weighted by Crippen LogP contribution is 2.37. The molecule has 0 saturated heterocycles. The Morgan fingerprint density at radius 1 is 1.13 bits per heavy atom. The van der Waals surface area contributed by atoms with Crippen LogP contribution in [0.4, 0.5) is 5.69 Å². The summed E-state index contributed by atoms with van der Waals surface area (Å²) in [5.74, 6) is 3.78. The zero-order chi connectivity index (χ0) is 16.7. The average molecular weight is 439 g/mol. The Morgan fingerprint density at radius 3 is 2.52 bits per heavy atom. The molecule has 0 aliphatic heterocycles. The fraction of sp³-hybridized carbons (Fsp3) is 0.222. The van der Waals surface area contributed by atoms with Crippen LogP contribution >= 0.6 is 31.9 Å². The summed E-state index contributed by atoms with van der Waals surface area (Å²) in [4.78, 5) is 0. The van der Waals surface area contributed by atoms with Gasteiger partial charge in [-0.2, -0.15) is 0 Å². The van der Waals surface area contributed by atoms with Crippen molar-refractivity contribution >= 4 is 37.5 Å². The molecule has 0 spiro atoms. The van der Waals surface area contributed by atoms with Gasteiger partial charge in [0, 0.05) is 16.7 Å². The van der Waals surface area contributed by atoms with Gasteiger partial charge in [0.25, 0.3) is 0 Å². The normalized spacial score (nSPS) is 10.0. The molecule has 0 saturated carbocycles. The Balaban J connectivity index is 2.15. The summed E-state index contributed by atoms with van der Waals surface area (Å²) in [6.07, 6.45) is 5.26. The molecule has 0 aliphatic rings. The first-order valence-electron chi connectivity index (χ1n) is 7.15. The van der Waals surface area contributed by atoms with E-state index >= 15 is 0 Å². The Kier molecular flexibility index (Phi) is 6.82. The van der Waals surface area contributed by atoms with E-state index < -0.39 is 0 Å². The molecular weight excluding hydrogens is 422 g/mol. The first-order valence-corrected chi connectivity index (χ1v) is 8.73. The van der Waals surface area contributed by atoms with Gasteiger partial charge in [0.2, 0.25) is 0 Å². The lowest BCUT2D eigenvalue weighted by molar-refractivity contribution is 0.297. The van der Waals surface area contributed by atoms with E-state index in [9.17, 15) is 0 Å². The molecule has 120 valence electrons. The van der Waals surface area contributed by atoms with Crippen LogP contribution in [0.5, 0.6) is 11.5 Å². The third-order valence-corrected chi connectivity index (χ3v) is 4.13. The van der Waals surface area contributed by atoms with Crippen molar-refractivity contribution in [3.05, 3.63) is 50.9 Å². The predicted octanol–water partition coefficient (Wildman–Crippen LogP) is 5.23. The van der Waals surface area contributed by atoms with Gasteiger partial charge < -0.3 is 14.8 Å². The van der Waals surface area contributed by atoms with E-state index in [-0.39, 0.29) is 6.61 Å². The number of ether oxygens (including phenoxy) is 2. The lowest BCUT2D eigenvalue weighted by atomic mass is 10.2. The lowest BCUT2D eigenvalue weighted by Crippen LogP contribution is -2.04. The third-order valence-electron chi connectivity index (χ3n) is 3.01. The molecule has 0 fully saturated rings. The van der Waals surface area contributed by atoms with Crippen LogP contribution in [-0.4, -0.2) is 13.2 Å². The smallest absolute Gasteiger partial charge is 0.176 e. The number of terminal acetylenes is 1. The van der Waals surface area contributed by atoms with Gasteiger partial charge in [0.1, 0.15) is 6.61 Å². The van der Waals surface area contributed by atoms with E-state index in [1.165, 1.54) is 0 Å². The summed E-state index contributed by atoms with van der Waals surface area (Å²) in [5, 5.41) is 3.38. The monoisotopic (exact) mass is 437 g/mol. The van der Waals surface area contributed by atoms with Crippen LogP contribution in [0.25, 0.3) is 0 Å². The highest BCUT2D eigenvalue weighted by molar-refractivity contribution is 9.10. The molecule has 3 nitrogen and oxygen atoms in total. The molecule has 0 amide bonds. The summed E-state index contributed by atoms with van der Waals surface area (Å²) in [5.41, 5.74) is 2.13. The molecule has 0 atom stereocenters. The van der Waals surface area contributed by atoms with Crippen LogP contribution in [0.1, 0.15) is 12.5 Å². The van der Waals surface area contributed by atoms with Crippen molar-refractivity contribution in [2.75, 3.05) is 18.5 Å². The summed E-state index contributed by atoms with van der Waals surface area (Å²) in [7, 11) is 0. The molecular formula is C18H17Br2NO2. The van der Waals surface area contributed by atoms with Crippen molar-refractivity contribution < 1.29 is 9.47 Å². The molecule has 0 bridgehead atoms. The number of rotatable bonds is 7. The number of halogens is 2. The lowest BCUT2D eigenvalue weighted by Gasteiger charge is -2.15. The SMILES string of the molecule is C#CCOc1c(Br)cc(CNc2ccc(Br)cc2)cc1OCC. The van der Waals surface area contributed by atoms with Gasteiger partial charge in [-0.15, -0.1) is 6.42 Å². The highest BCUT2D eigenvalue weighted by Gasteiger charge is 2.12. The molecule has 23 heavy (non-hydrogen) atoms. The van der Waals surface area contributed by atoms with Crippen LogP contribution in [0.3, 0.4) is 0 Å². The van der Waals surface area contributed by atoms with E-state index in [4.69, 9.17) is 15.9 Å². The van der Waals surface area contributed by atoms with Crippen molar-refractivity contribution in [2.45, 2.75) is 13.5 Å². The number of benzene rings is 2. The summed E-state index contributed by atoms with van der Waals surface area (Å²) < 4.78 is 13.1. The Hall–Kier alpha value is -1.64. The zero-order valence-electron chi connectivity index (χ0n) is 12.7. The Morgan fingerprint density at radius 2 is 1.87 bits per heavy atom. The first-order chi connectivity index (χ1) is 11.1. The molecule has 0 aliphatic carbocycles.